The molecule has 0 aliphatic carbocycles. The number of fused-ring (bicyclic) bond motifs is 3. The zero-order chi connectivity index (χ0) is 22.5. The van der Waals surface area contributed by atoms with Crippen LogP contribution in [0.25, 0.3) is 55.7 Å². The van der Waals surface area contributed by atoms with Gasteiger partial charge in [-0.15, -0.1) is 0 Å². The van der Waals surface area contributed by atoms with Crippen LogP contribution in [0.15, 0.2) is 102 Å². The Labute approximate surface area is 193 Å². The first-order chi connectivity index (χ1) is 16.1. The van der Waals surface area contributed by atoms with Crippen molar-refractivity contribution in [2.24, 2.45) is 14.1 Å². The summed E-state index contributed by atoms with van der Waals surface area (Å²) in [5.41, 5.74) is 8.26. The molecule has 0 spiro atoms. The molecule has 6 rings (SSSR count). The number of hydrogen-bond donors (Lipinski definition) is 0. The van der Waals surface area contributed by atoms with Crippen molar-refractivity contribution in [2.75, 3.05) is 0 Å². The molecule has 3 heteroatoms. The molecule has 0 saturated heterocycles. The first-order valence-electron chi connectivity index (χ1n) is 11.2. The third-order valence-electron chi connectivity index (χ3n) is 6.66. The highest BCUT2D eigenvalue weighted by atomic mass is 16.3. The van der Waals surface area contributed by atoms with Gasteiger partial charge in [-0.3, -0.25) is 0 Å². The number of nitrogens with zero attached hydrogens (tertiary/aromatic N) is 2. The molecule has 33 heavy (non-hydrogen) atoms. The molecule has 0 aliphatic rings. The van der Waals surface area contributed by atoms with Crippen molar-refractivity contribution in [1.82, 2.24) is 4.57 Å². The van der Waals surface area contributed by atoms with E-state index >= 15 is 0 Å². The summed E-state index contributed by atoms with van der Waals surface area (Å²) in [6.45, 7) is 2.15. The smallest absolute Gasteiger partial charge is 0.212 e. The molecule has 0 aliphatic heterocycles. The van der Waals surface area contributed by atoms with E-state index in [9.17, 15) is 0 Å². The van der Waals surface area contributed by atoms with Crippen LogP contribution in [0.2, 0.25) is 0 Å². The van der Waals surface area contributed by atoms with Crippen LogP contribution >= 0.6 is 0 Å². The normalized spacial score (nSPS) is 11.5. The van der Waals surface area contributed by atoms with Gasteiger partial charge in [-0.2, -0.15) is 0 Å². The molecule has 0 unspecified atom stereocenters. The van der Waals surface area contributed by atoms with E-state index in [1.54, 1.807) is 0 Å². The number of aryl methyl sites for hydroxylation is 3. The van der Waals surface area contributed by atoms with E-state index < -0.39 is 0 Å². The quantitative estimate of drug-likeness (QED) is 0.276. The van der Waals surface area contributed by atoms with E-state index in [-0.39, 0.29) is 0 Å². The van der Waals surface area contributed by atoms with Gasteiger partial charge in [0, 0.05) is 57.7 Å². The van der Waals surface area contributed by atoms with Crippen molar-refractivity contribution in [1.29, 1.82) is 0 Å². The van der Waals surface area contributed by atoms with Crippen LogP contribution in [0.4, 0.5) is 0 Å². The van der Waals surface area contributed by atoms with Crippen LogP contribution in [-0.4, -0.2) is 4.57 Å². The standard InChI is InChI=1S/C30H25N2O/c1-20-11-12-21(18-25(20)26-9-6-7-17-31(26)2)29-15-16-30(33-29)22-13-14-24-23-8-4-5-10-27(23)32(3)28(24)19-22/h4-19H,1-3H3/q+1. The molecule has 3 nitrogen and oxygen atoms in total. The fourth-order valence-electron chi connectivity index (χ4n) is 4.82. The molecule has 0 atom stereocenters. The molecule has 3 aromatic carbocycles. The minimum Gasteiger partial charge on any atom is -0.456 e. The highest BCUT2D eigenvalue weighted by Crippen LogP contribution is 2.35. The van der Waals surface area contributed by atoms with E-state index in [2.05, 4.69) is 121 Å². The van der Waals surface area contributed by atoms with Crippen molar-refractivity contribution < 1.29 is 8.98 Å². The number of benzene rings is 3. The van der Waals surface area contributed by atoms with Gasteiger partial charge in [0.05, 0.1) is 0 Å². The largest absolute Gasteiger partial charge is 0.456 e. The number of pyridine rings is 1. The Hall–Kier alpha value is -4.11. The Morgan fingerprint density at radius 1 is 0.697 bits per heavy atom. The lowest BCUT2D eigenvalue weighted by atomic mass is 10.0. The van der Waals surface area contributed by atoms with E-state index in [1.165, 1.54) is 38.6 Å². The van der Waals surface area contributed by atoms with Gasteiger partial charge in [0.1, 0.15) is 18.6 Å². The topological polar surface area (TPSA) is 21.9 Å². The maximum absolute atomic E-state index is 6.36. The molecule has 0 bridgehead atoms. The molecule has 0 N–H and O–H groups in total. The van der Waals surface area contributed by atoms with Gasteiger partial charge in [0.15, 0.2) is 6.20 Å². The molecule has 6 aromatic rings. The maximum atomic E-state index is 6.36. The summed E-state index contributed by atoms with van der Waals surface area (Å²) in [4.78, 5) is 0. The molecular formula is C30H25N2O+. The third-order valence-corrected chi connectivity index (χ3v) is 6.66. The van der Waals surface area contributed by atoms with Gasteiger partial charge < -0.3 is 8.98 Å². The second-order valence-electron chi connectivity index (χ2n) is 8.70. The number of aromatic nitrogens is 2. The third kappa shape index (κ3) is 3.16. The van der Waals surface area contributed by atoms with Crippen molar-refractivity contribution >= 4 is 21.8 Å². The molecule has 0 amide bonds. The zero-order valence-corrected chi connectivity index (χ0v) is 19.0. The Balaban J connectivity index is 1.42. The first kappa shape index (κ1) is 19.6. The summed E-state index contributed by atoms with van der Waals surface area (Å²) in [5.74, 6) is 1.76. The van der Waals surface area contributed by atoms with Crippen LogP contribution in [0, 0.1) is 6.92 Å². The van der Waals surface area contributed by atoms with E-state index in [0.29, 0.717) is 0 Å². The molecule has 3 aromatic heterocycles. The van der Waals surface area contributed by atoms with Gasteiger partial charge in [-0.25, -0.2) is 4.57 Å². The Morgan fingerprint density at radius 2 is 1.39 bits per heavy atom. The van der Waals surface area contributed by atoms with Crippen molar-refractivity contribution in [3.05, 3.63) is 103 Å². The predicted molar refractivity (Wildman–Crippen MR) is 135 cm³/mol. The van der Waals surface area contributed by atoms with E-state index in [4.69, 9.17) is 4.42 Å². The van der Waals surface area contributed by atoms with Gasteiger partial charge in [-0.05, 0) is 48.9 Å². The number of rotatable bonds is 3. The Kier molecular flexibility index (Phi) is 4.44. The molecule has 0 radical (unpaired) electrons. The van der Waals surface area contributed by atoms with Crippen molar-refractivity contribution in [2.45, 2.75) is 6.92 Å². The van der Waals surface area contributed by atoms with Gasteiger partial charge in [0.2, 0.25) is 5.69 Å². The van der Waals surface area contributed by atoms with Gasteiger partial charge in [-0.1, -0.05) is 42.5 Å². The highest BCUT2D eigenvalue weighted by molar-refractivity contribution is 6.08. The molecule has 0 saturated carbocycles. The summed E-state index contributed by atoms with van der Waals surface area (Å²) in [5, 5.41) is 2.55. The lowest BCUT2D eigenvalue weighted by Gasteiger charge is -2.07. The molecular weight excluding hydrogens is 404 g/mol. The summed E-state index contributed by atoms with van der Waals surface area (Å²) in [6, 6.07) is 32.1. The van der Waals surface area contributed by atoms with Crippen molar-refractivity contribution in [3.63, 3.8) is 0 Å². The van der Waals surface area contributed by atoms with E-state index in [1.807, 2.05) is 6.07 Å². The second-order valence-corrected chi connectivity index (χ2v) is 8.70. The SMILES string of the molecule is Cc1ccc(-c2ccc(-c3ccc4c5ccccc5n(C)c4c3)o2)cc1-c1cccc[n+]1C. The predicted octanol–water partition coefficient (Wildman–Crippen LogP) is 7.06. The second kappa shape index (κ2) is 7.49. The van der Waals surface area contributed by atoms with Gasteiger partial charge >= 0.3 is 0 Å². The summed E-state index contributed by atoms with van der Waals surface area (Å²) >= 11 is 0. The summed E-state index contributed by atoms with van der Waals surface area (Å²) < 4.78 is 10.8. The average Bonchev–Trinajstić information content (AvgIpc) is 3.44. The van der Waals surface area contributed by atoms with Crippen LogP contribution < -0.4 is 4.57 Å². The molecule has 3 heterocycles. The summed E-state index contributed by atoms with van der Waals surface area (Å²) in [6.07, 6.45) is 2.08. The number of hydrogen-bond acceptors (Lipinski definition) is 1. The molecule has 160 valence electrons. The van der Waals surface area contributed by atoms with E-state index in [0.717, 1.165) is 22.6 Å². The minimum absolute atomic E-state index is 0.877. The average molecular weight is 430 g/mol. The fourth-order valence-corrected chi connectivity index (χ4v) is 4.82. The number of furan rings is 1. The zero-order valence-electron chi connectivity index (χ0n) is 19.0. The van der Waals surface area contributed by atoms with Crippen LogP contribution in [0.3, 0.4) is 0 Å². The van der Waals surface area contributed by atoms with Crippen LogP contribution in [-0.2, 0) is 14.1 Å². The fraction of sp³-hybridized carbons (Fsp3) is 0.100. The Bertz CT molecular complexity index is 1650. The Morgan fingerprint density at radius 3 is 2.21 bits per heavy atom. The molecule has 0 fully saturated rings. The lowest BCUT2D eigenvalue weighted by molar-refractivity contribution is -0.660. The summed E-state index contributed by atoms with van der Waals surface area (Å²) in [7, 11) is 4.20. The minimum atomic E-state index is 0.877. The van der Waals surface area contributed by atoms with Gasteiger partial charge in [0.25, 0.3) is 0 Å². The monoisotopic (exact) mass is 429 g/mol. The highest BCUT2D eigenvalue weighted by Gasteiger charge is 2.15. The van der Waals surface area contributed by atoms with Crippen LogP contribution in [0.5, 0.6) is 0 Å². The van der Waals surface area contributed by atoms with Crippen molar-refractivity contribution in [3.8, 4) is 33.9 Å². The van der Waals surface area contributed by atoms with Crippen LogP contribution in [0.1, 0.15) is 5.56 Å². The maximum Gasteiger partial charge on any atom is 0.212 e. The lowest BCUT2D eigenvalue weighted by Crippen LogP contribution is -2.30. The number of para-hydroxylation sites is 1. The first-order valence-corrected chi connectivity index (χ1v) is 11.2.